The summed E-state index contributed by atoms with van der Waals surface area (Å²) in [5.74, 6) is 0.307. The van der Waals surface area contributed by atoms with Crippen molar-refractivity contribution in [1.29, 1.82) is 0 Å². The normalized spacial score (nSPS) is 10.3. The zero-order valence-corrected chi connectivity index (χ0v) is 11.8. The highest BCUT2D eigenvalue weighted by atomic mass is 32.2. The van der Waals surface area contributed by atoms with Crippen LogP contribution in [0.2, 0.25) is 0 Å². The van der Waals surface area contributed by atoms with Crippen molar-refractivity contribution in [2.45, 2.75) is 17.9 Å². The summed E-state index contributed by atoms with van der Waals surface area (Å²) in [7, 11) is 1.56. The van der Waals surface area contributed by atoms with Crippen LogP contribution in [0.4, 0.5) is 0 Å². The smallest absolute Gasteiger partial charge is 0.396 e. The molecule has 0 aliphatic heterocycles. The minimum atomic E-state index is -0.619. The molecular weight excluding hydrogens is 282 g/mol. The zero-order chi connectivity index (χ0) is 14.4. The topological polar surface area (TPSA) is 87.3 Å². The number of methoxy groups -OCH3 is 1. The van der Waals surface area contributed by atoms with Crippen molar-refractivity contribution in [2.24, 2.45) is 0 Å². The number of aromatic nitrogens is 3. The van der Waals surface area contributed by atoms with E-state index in [0.29, 0.717) is 11.6 Å². The molecule has 0 radical (unpaired) electrons. The van der Waals surface area contributed by atoms with Crippen molar-refractivity contribution in [2.75, 3.05) is 13.7 Å². The minimum absolute atomic E-state index is 0.145. The second kappa shape index (κ2) is 6.90. The van der Waals surface area contributed by atoms with Gasteiger partial charge in [0.15, 0.2) is 0 Å². The van der Waals surface area contributed by atoms with Crippen molar-refractivity contribution in [1.82, 2.24) is 15.2 Å². The SMILES string of the molecule is CCOC(=O)c1nnc(SCc2cccc(OC)n2)o1. The molecular formula is C12H13N3O4S. The van der Waals surface area contributed by atoms with Crippen molar-refractivity contribution in [3.05, 3.63) is 29.8 Å². The number of hydrogen-bond donors (Lipinski definition) is 0. The third-order valence-electron chi connectivity index (χ3n) is 2.19. The van der Waals surface area contributed by atoms with Gasteiger partial charge in [0.1, 0.15) is 0 Å². The van der Waals surface area contributed by atoms with E-state index in [1.54, 1.807) is 20.1 Å². The summed E-state index contributed by atoms with van der Waals surface area (Å²) in [6.07, 6.45) is 0. The van der Waals surface area contributed by atoms with Gasteiger partial charge in [-0.3, -0.25) is 0 Å². The van der Waals surface area contributed by atoms with Crippen LogP contribution in [0.15, 0.2) is 27.8 Å². The Balaban J connectivity index is 1.95. The Bertz CT molecular complexity index is 588. The third kappa shape index (κ3) is 3.70. The standard InChI is InChI=1S/C12H13N3O4S/c1-3-18-11(16)10-14-15-12(19-10)20-7-8-5-4-6-9(13-8)17-2/h4-6H,3,7H2,1-2H3. The monoisotopic (exact) mass is 295 g/mol. The van der Waals surface area contributed by atoms with E-state index in [1.807, 2.05) is 12.1 Å². The predicted octanol–water partition coefficient (Wildman–Crippen LogP) is 1.94. The molecule has 0 unspecified atom stereocenters. The van der Waals surface area contributed by atoms with Gasteiger partial charge in [-0.2, -0.15) is 0 Å². The van der Waals surface area contributed by atoms with E-state index in [9.17, 15) is 4.79 Å². The molecule has 2 aromatic rings. The highest BCUT2D eigenvalue weighted by Crippen LogP contribution is 2.21. The second-order valence-electron chi connectivity index (χ2n) is 3.55. The van der Waals surface area contributed by atoms with Crippen LogP contribution in [0.25, 0.3) is 0 Å². The van der Waals surface area contributed by atoms with E-state index in [0.717, 1.165) is 5.69 Å². The van der Waals surface area contributed by atoms with Crippen LogP contribution >= 0.6 is 11.8 Å². The van der Waals surface area contributed by atoms with Crippen molar-refractivity contribution >= 4 is 17.7 Å². The number of nitrogens with zero attached hydrogens (tertiary/aromatic N) is 3. The first kappa shape index (κ1) is 14.3. The minimum Gasteiger partial charge on any atom is -0.481 e. The first-order valence-electron chi connectivity index (χ1n) is 5.86. The molecule has 0 aromatic carbocycles. The van der Waals surface area contributed by atoms with Gasteiger partial charge in [0.25, 0.3) is 5.22 Å². The summed E-state index contributed by atoms with van der Waals surface area (Å²) in [6.45, 7) is 1.97. The van der Waals surface area contributed by atoms with Crippen LogP contribution in [-0.4, -0.2) is 34.9 Å². The largest absolute Gasteiger partial charge is 0.481 e. The summed E-state index contributed by atoms with van der Waals surface area (Å²) in [5.41, 5.74) is 0.810. The summed E-state index contributed by atoms with van der Waals surface area (Å²) >= 11 is 1.28. The first-order valence-corrected chi connectivity index (χ1v) is 6.85. The fraction of sp³-hybridized carbons (Fsp3) is 0.333. The fourth-order valence-electron chi connectivity index (χ4n) is 1.33. The average molecular weight is 295 g/mol. The number of pyridine rings is 1. The van der Waals surface area contributed by atoms with Gasteiger partial charge in [-0.25, -0.2) is 9.78 Å². The summed E-state index contributed by atoms with van der Waals surface area (Å²) in [4.78, 5) is 15.6. The van der Waals surface area contributed by atoms with Gasteiger partial charge < -0.3 is 13.9 Å². The Morgan fingerprint density at radius 2 is 2.25 bits per heavy atom. The van der Waals surface area contributed by atoms with Crippen LogP contribution < -0.4 is 4.74 Å². The lowest BCUT2D eigenvalue weighted by atomic mass is 10.4. The van der Waals surface area contributed by atoms with Crippen molar-refractivity contribution in [3.63, 3.8) is 0 Å². The Kier molecular flexibility index (Phi) is 4.94. The van der Waals surface area contributed by atoms with Gasteiger partial charge >= 0.3 is 11.9 Å². The molecule has 8 heteroatoms. The molecule has 0 bridgehead atoms. The van der Waals surface area contributed by atoms with E-state index in [-0.39, 0.29) is 17.7 Å². The molecule has 0 atom stereocenters. The van der Waals surface area contributed by atoms with E-state index in [2.05, 4.69) is 15.2 Å². The fourth-order valence-corrected chi connectivity index (χ4v) is 2.00. The molecule has 7 nitrogen and oxygen atoms in total. The van der Waals surface area contributed by atoms with Crippen LogP contribution in [0.3, 0.4) is 0 Å². The molecule has 0 aliphatic carbocycles. The number of hydrogen-bond acceptors (Lipinski definition) is 8. The molecule has 2 heterocycles. The maximum atomic E-state index is 11.4. The molecule has 106 valence electrons. The number of ether oxygens (including phenoxy) is 2. The Morgan fingerprint density at radius 3 is 3.00 bits per heavy atom. The van der Waals surface area contributed by atoms with Crippen LogP contribution in [0.1, 0.15) is 23.3 Å². The molecule has 20 heavy (non-hydrogen) atoms. The summed E-state index contributed by atoms with van der Waals surface area (Å²) in [5, 5.41) is 7.68. The highest BCUT2D eigenvalue weighted by molar-refractivity contribution is 7.98. The molecule has 2 aromatic heterocycles. The zero-order valence-electron chi connectivity index (χ0n) is 11.0. The number of carbonyl (C=O) groups is 1. The third-order valence-corrected chi connectivity index (χ3v) is 3.04. The van der Waals surface area contributed by atoms with E-state index in [4.69, 9.17) is 13.9 Å². The molecule has 0 saturated carbocycles. The van der Waals surface area contributed by atoms with Gasteiger partial charge in [-0.05, 0) is 13.0 Å². The molecule has 0 amide bonds. The number of esters is 1. The predicted molar refractivity (Wildman–Crippen MR) is 70.6 cm³/mol. The van der Waals surface area contributed by atoms with Gasteiger partial charge in [0.05, 0.1) is 19.4 Å². The lowest BCUT2D eigenvalue weighted by Gasteiger charge is -2.01. The molecule has 0 saturated heterocycles. The maximum Gasteiger partial charge on any atom is 0.396 e. The molecule has 0 fully saturated rings. The van der Waals surface area contributed by atoms with E-state index in [1.165, 1.54) is 11.8 Å². The van der Waals surface area contributed by atoms with Gasteiger partial charge in [-0.1, -0.05) is 22.9 Å². The Labute approximate surface area is 119 Å². The molecule has 0 aliphatic rings. The van der Waals surface area contributed by atoms with Crippen LogP contribution in [-0.2, 0) is 10.5 Å². The quantitative estimate of drug-likeness (QED) is 0.590. The Morgan fingerprint density at radius 1 is 1.40 bits per heavy atom. The summed E-state index contributed by atoms with van der Waals surface area (Å²) in [6, 6.07) is 5.47. The van der Waals surface area contributed by atoms with E-state index >= 15 is 0 Å². The van der Waals surface area contributed by atoms with Gasteiger partial charge in [0.2, 0.25) is 5.88 Å². The lowest BCUT2D eigenvalue weighted by molar-refractivity contribution is 0.0475. The number of carbonyl (C=O) groups excluding carboxylic acids is 1. The average Bonchev–Trinajstić information content (AvgIpc) is 2.94. The number of thioether (sulfide) groups is 1. The highest BCUT2D eigenvalue weighted by Gasteiger charge is 2.16. The van der Waals surface area contributed by atoms with E-state index < -0.39 is 5.97 Å². The molecule has 0 spiro atoms. The van der Waals surface area contributed by atoms with Crippen LogP contribution in [0.5, 0.6) is 5.88 Å². The lowest BCUT2D eigenvalue weighted by Crippen LogP contribution is -2.04. The van der Waals surface area contributed by atoms with Gasteiger partial charge in [0, 0.05) is 11.8 Å². The summed E-state index contributed by atoms with van der Waals surface area (Å²) < 4.78 is 15.0. The van der Waals surface area contributed by atoms with Gasteiger partial charge in [-0.15, -0.1) is 5.10 Å². The maximum absolute atomic E-state index is 11.4. The second-order valence-corrected chi connectivity index (χ2v) is 4.48. The first-order chi connectivity index (χ1) is 9.72. The van der Waals surface area contributed by atoms with Crippen LogP contribution in [0, 0.1) is 0 Å². The van der Waals surface area contributed by atoms with Crippen molar-refractivity contribution in [3.8, 4) is 5.88 Å². The molecule has 2 rings (SSSR count). The molecule has 0 N–H and O–H groups in total. The Hall–Kier alpha value is -2.09. The van der Waals surface area contributed by atoms with Crippen molar-refractivity contribution < 1.29 is 18.7 Å². The number of rotatable bonds is 6.